The Labute approximate surface area is 126 Å². The molecule has 0 saturated heterocycles. The number of amides is 2. The van der Waals surface area contributed by atoms with Crippen molar-refractivity contribution >= 4 is 12.0 Å². The zero-order chi connectivity index (χ0) is 15.3. The molecule has 2 unspecified atom stereocenters. The van der Waals surface area contributed by atoms with Gasteiger partial charge in [0, 0.05) is 6.04 Å². The van der Waals surface area contributed by atoms with Gasteiger partial charge in [0.25, 0.3) is 0 Å². The molecule has 3 N–H and O–H groups in total. The number of rotatable bonds is 4. The Bertz CT molecular complexity index is 378. The third kappa shape index (κ3) is 4.90. The first-order valence-corrected chi connectivity index (χ1v) is 8.30. The number of urea groups is 1. The zero-order valence-corrected chi connectivity index (χ0v) is 13.0. The molecule has 21 heavy (non-hydrogen) atoms. The highest BCUT2D eigenvalue weighted by Crippen LogP contribution is 2.32. The van der Waals surface area contributed by atoms with Gasteiger partial charge in [-0.05, 0) is 38.0 Å². The van der Waals surface area contributed by atoms with Gasteiger partial charge in [-0.15, -0.1) is 0 Å². The lowest BCUT2D eigenvalue weighted by Crippen LogP contribution is -2.53. The molecule has 0 heterocycles. The summed E-state index contributed by atoms with van der Waals surface area (Å²) in [4.78, 5) is 23.3. The molecule has 2 fully saturated rings. The minimum Gasteiger partial charge on any atom is -0.481 e. The van der Waals surface area contributed by atoms with Gasteiger partial charge in [-0.2, -0.15) is 0 Å². The molecule has 0 aromatic rings. The summed E-state index contributed by atoms with van der Waals surface area (Å²) in [6.07, 6.45) is 9.18. The van der Waals surface area contributed by atoms with Gasteiger partial charge in [0.15, 0.2) is 0 Å². The van der Waals surface area contributed by atoms with E-state index in [1.807, 2.05) is 0 Å². The summed E-state index contributed by atoms with van der Waals surface area (Å²) in [5.41, 5.74) is -0.534. The maximum atomic E-state index is 12.2. The molecule has 2 atom stereocenters. The van der Waals surface area contributed by atoms with E-state index in [9.17, 15) is 9.59 Å². The van der Waals surface area contributed by atoms with Crippen LogP contribution in [-0.2, 0) is 4.79 Å². The van der Waals surface area contributed by atoms with Crippen LogP contribution in [-0.4, -0.2) is 28.7 Å². The van der Waals surface area contributed by atoms with Crippen LogP contribution in [0.25, 0.3) is 0 Å². The number of aliphatic carboxylic acids is 1. The minimum atomic E-state index is -0.833. The average Bonchev–Trinajstić information content (AvgIpc) is 2.72. The highest BCUT2D eigenvalue weighted by molar-refractivity contribution is 5.77. The second kappa shape index (κ2) is 7.14. The average molecular weight is 296 g/mol. The molecule has 0 spiro atoms. The number of hydrogen-bond donors (Lipinski definition) is 3. The van der Waals surface area contributed by atoms with Crippen LogP contribution in [0.15, 0.2) is 0 Å². The molecule has 120 valence electrons. The standard InChI is InChI=1S/C16H28N2O3/c1-12-5-4-6-13(8-7-12)17-15(21)18-16(11-14(19)20)9-2-3-10-16/h12-13H,2-11H2,1H3,(H,19,20)(H2,17,18,21). The maximum absolute atomic E-state index is 12.2. The lowest BCUT2D eigenvalue weighted by atomic mass is 9.93. The lowest BCUT2D eigenvalue weighted by molar-refractivity contribution is -0.138. The van der Waals surface area contributed by atoms with Gasteiger partial charge in [0.1, 0.15) is 0 Å². The molecule has 0 aromatic carbocycles. The van der Waals surface area contributed by atoms with E-state index < -0.39 is 11.5 Å². The van der Waals surface area contributed by atoms with Crippen molar-refractivity contribution in [3.05, 3.63) is 0 Å². The maximum Gasteiger partial charge on any atom is 0.315 e. The smallest absolute Gasteiger partial charge is 0.315 e. The van der Waals surface area contributed by atoms with Crippen LogP contribution in [0.2, 0.25) is 0 Å². The third-order valence-electron chi connectivity index (χ3n) is 5.02. The molecule has 2 rings (SSSR count). The van der Waals surface area contributed by atoms with Crippen molar-refractivity contribution < 1.29 is 14.7 Å². The van der Waals surface area contributed by atoms with Gasteiger partial charge in [0.2, 0.25) is 0 Å². The van der Waals surface area contributed by atoms with Crippen molar-refractivity contribution in [2.75, 3.05) is 0 Å². The summed E-state index contributed by atoms with van der Waals surface area (Å²) in [5.74, 6) is -0.0893. The van der Waals surface area contributed by atoms with Crippen molar-refractivity contribution in [2.45, 2.75) is 82.7 Å². The van der Waals surface area contributed by atoms with Crippen molar-refractivity contribution in [3.63, 3.8) is 0 Å². The SMILES string of the molecule is CC1CCCC(NC(=O)NC2(CC(=O)O)CCCC2)CC1. The Kier molecular flexibility index (Phi) is 5.48. The topological polar surface area (TPSA) is 78.4 Å². The molecule has 2 aliphatic carbocycles. The Balaban J connectivity index is 1.86. The molecule has 0 aromatic heterocycles. The first-order chi connectivity index (χ1) is 9.99. The zero-order valence-electron chi connectivity index (χ0n) is 13.0. The molecular formula is C16H28N2O3. The molecular weight excluding hydrogens is 268 g/mol. The quantitative estimate of drug-likeness (QED) is 0.698. The van der Waals surface area contributed by atoms with E-state index in [4.69, 9.17) is 5.11 Å². The van der Waals surface area contributed by atoms with E-state index in [-0.39, 0.29) is 18.5 Å². The van der Waals surface area contributed by atoms with Crippen LogP contribution in [0, 0.1) is 5.92 Å². The molecule has 2 aliphatic rings. The van der Waals surface area contributed by atoms with E-state index in [1.165, 1.54) is 6.42 Å². The Morgan fingerprint density at radius 2 is 1.81 bits per heavy atom. The summed E-state index contributed by atoms with van der Waals surface area (Å²) >= 11 is 0. The normalized spacial score (nSPS) is 28.6. The number of carbonyl (C=O) groups excluding carboxylic acids is 1. The predicted molar refractivity (Wildman–Crippen MR) is 81.2 cm³/mol. The van der Waals surface area contributed by atoms with Crippen molar-refractivity contribution in [1.29, 1.82) is 0 Å². The highest BCUT2D eigenvalue weighted by atomic mass is 16.4. The fourth-order valence-electron chi connectivity index (χ4n) is 3.78. The largest absolute Gasteiger partial charge is 0.481 e. The molecule has 5 heteroatoms. The second-order valence-electron chi connectivity index (χ2n) is 6.97. The first-order valence-electron chi connectivity index (χ1n) is 8.30. The monoisotopic (exact) mass is 296 g/mol. The van der Waals surface area contributed by atoms with Gasteiger partial charge >= 0.3 is 12.0 Å². The van der Waals surface area contributed by atoms with Crippen molar-refractivity contribution in [2.24, 2.45) is 5.92 Å². The first kappa shape index (κ1) is 16.1. The van der Waals surface area contributed by atoms with Crippen LogP contribution < -0.4 is 10.6 Å². The predicted octanol–water partition coefficient (Wildman–Crippen LogP) is 3.04. The van der Waals surface area contributed by atoms with Gasteiger partial charge in [-0.3, -0.25) is 4.79 Å². The van der Waals surface area contributed by atoms with Crippen LogP contribution in [0.3, 0.4) is 0 Å². The van der Waals surface area contributed by atoms with Crippen LogP contribution >= 0.6 is 0 Å². The van der Waals surface area contributed by atoms with E-state index in [1.54, 1.807) is 0 Å². The minimum absolute atomic E-state index is 0.0299. The molecule has 2 saturated carbocycles. The van der Waals surface area contributed by atoms with Gasteiger partial charge < -0.3 is 15.7 Å². The summed E-state index contributed by atoms with van der Waals surface area (Å²) in [6.45, 7) is 2.27. The molecule has 0 radical (unpaired) electrons. The summed E-state index contributed by atoms with van der Waals surface area (Å²) < 4.78 is 0. The molecule has 0 aliphatic heterocycles. The molecule has 5 nitrogen and oxygen atoms in total. The van der Waals surface area contributed by atoms with E-state index in [0.717, 1.165) is 57.3 Å². The molecule has 2 amide bonds. The Morgan fingerprint density at radius 3 is 2.48 bits per heavy atom. The van der Waals surface area contributed by atoms with Crippen LogP contribution in [0.1, 0.15) is 71.1 Å². The Morgan fingerprint density at radius 1 is 1.10 bits per heavy atom. The lowest BCUT2D eigenvalue weighted by Gasteiger charge is -2.30. The number of nitrogens with one attached hydrogen (secondary N) is 2. The molecule has 0 bridgehead atoms. The Hall–Kier alpha value is -1.26. The fraction of sp³-hybridized carbons (Fsp3) is 0.875. The van der Waals surface area contributed by atoms with Crippen LogP contribution in [0.4, 0.5) is 4.79 Å². The van der Waals surface area contributed by atoms with Gasteiger partial charge in [-0.1, -0.05) is 32.6 Å². The van der Waals surface area contributed by atoms with Crippen molar-refractivity contribution in [1.82, 2.24) is 10.6 Å². The van der Waals surface area contributed by atoms with Crippen molar-refractivity contribution in [3.8, 4) is 0 Å². The van der Waals surface area contributed by atoms with E-state index in [0.29, 0.717) is 0 Å². The fourth-order valence-corrected chi connectivity index (χ4v) is 3.78. The van der Waals surface area contributed by atoms with Gasteiger partial charge in [-0.25, -0.2) is 4.79 Å². The van der Waals surface area contributed by atoms with Crippen LogP contribution in [0.5, 0.6) is 0 Å². The van der Waals surface area contributed by atoms with E-state index in [2.05, 4.69) is 17.6 Å². The highest BCUT2D eigenvalue weighted by Gasteiger charge is 2.37. The number of carboxylic acids is 1. The van der Waals surface area contributed by atoms with Gasteiger partial charge in [0.05, 0.1) is 12.0 Å². The number of hydrogen-bond acceptors (Lipinski definition) is 2. The second-order valence-corrected chi connectivity index (χ2v) is 6.97. The summed E-state index contributed by atoms with van der Waals surface area (Å²) in [7, 11) is 0. The van der Waals surface area contributed by atoms with E-state index >= 15 is 0 Å². The summed E-state index contributed by atoms with van der Waals surface area (Å²) in [5, 5.41) is 15.1. The number of carbonyl (C=O) groups is 2. The summed E-state index contributed by atoms with van der Waals surface area (Å²) in [6, 6.07) is 0.0518. The number of carboxylic acid groups (broad SMARTS) is 1. The third-order valence-corrected chi connectivity index (χ3v) is 5.02.